The van der Waals surface area contributed by atoms with Gasteiger partial charge in [0.15, 0.2) is 12.6 Å². The van der Waals surface area contributed by atoms with Crippen LogP contribution >= 0.6 is 15.9 Å². The average molecular weight is 349 g/mol. The third-order valence-corrected chi connectivity index (χ3v) is 3.47. The van der Waals surface area contributed by atoms with Crippen LogP contribution in [-0.2, 0) is 11.2 Å². The lowest BCUT2D eigenvalue weighted by Gasteiger charge is -2.11. The molecule has 0 aliphatic rings. The zero-order valence-corrected chi connectivity index (χ0v) is 13.4. The zero-order chi connectivity index (χ0) is 15.1. The van der Waals surface area contributed by atoms with E-state index in [1.807, 2.05) is 55.5 Å². The molecule has 0 radical (unpaired) electrons. The number of halogens is 1. The number of hydrogen-bond donors (Lipinski definition) is 0. The van der Waals surface area contributed by atoms with Crippen molar-refractivity contribution in [3.63, 3.8) is 0 Å². The van der Waals surface area contributed by atoms with Crippen molar-refractivity contribution in [2.75, 3.05) is 13.4 Å². The number of ether oxygens (including phenoxy) is 2. The highest BCUT2D eigenvalue weighted by atomic mass is 79.9. The molecule has 0 aromatic heterocycles. The van der Waals surface area contributed by atoms with Crippen LogP contribution in [0.15, 0.2) is 53.0 Å². The number of Topliss-reactive ketones (excluding diaryl/α,β-unsaturated/α-hetero) is 1. The second kappa shape index (κ2) is 7.96. The number of carbonyl (C=O) groups is 1. The highest BCUT2D eigenvalue weighted by Crippen LogP contribution is 2.25. The van der Waals surface area contributed by atoms with E-state index in [1.165, 1.54) is 0 Å². The maximum Gasteiger partial charge on any atom is 0.189 e. The molecule has 0 saturated carbocycles. The van der Waals surface area contributed by atoms with Crippen molar-refractivity contribution in [1.82, 2.24) is 0 Å². The van der Waals surface area contributed by atoms with Crippen LogP contribution in [0.3, 0.4) is 0 Å². The summed E-state index contributed by atoms with van der Waals surface area (Å²) in [6.45, 7) is 2.68. The molecular weight excluding hydrogens is 332 g/mol. The summed E-state index contributed by atoms with van der Waals surface area (Å²) in [6, 6.07) is 14.9. The monoisotopic (exact) mass is 348 g/mol. The Morgan fingerprint density at radius 1 is 1.14 bits per heavy atom. The fourth-order valence-electron chi connectivity index (χ4n) is 1.90. The molecule has 0 saturated heterocycles. The normalized spacial score (nSPS) is 10.4. The molecule has 21 heavy (non-hydrogen) atoms. The lowest BCUT2D eigenvalue weighted by Crippen LogP contribution is -2.08. The van der Waals surface area contributed by atoms with Crippen molar-refractivity contribution in [2.45, 2.75) is 13.3 Å². The van der Waals surface area contributed by atoms with Crippen molar-refractivity contribution < 1.29 is 14.3 Å². The van der Waals surface area contributed by atoms with E-state index in [2.05, 4.69) is 15.9 Å². The molecule has 0 aliphatic carbocycles. The molecule has 2 rings (SSSR count). The van der Waals surface area contributed by atoms with Crippen LogP contribution in [0.25, 0.3) is 0 Å². The van der Waals surface area contributed by atoms with Crippen LogP contribution in [-0.4, -0.2) is 19.2 Å². The molecular formula is C17H17BrO3. The van der Waals surface area contributed by atoms with Gasteiger partial charge in [-0.25, -0.2) is 0 Å². The fraction of sp³-hybridized carbons (Fsp3) is 0.235. The summed E-state index contributed by atoms with van der Waals surface area (Å²) in [5.74, 6) is 0.737. The van der Waals surface area contributed by atoms with Gasteiger partial charge in [0.25, 0.3) is 0 Å². The first-order chi connectivity index (χ1) is 10.2. The van der Waals surface area contributed by atoms with Crippen molar-refractivity contribution in [2.24, 2.45) is 0 Å². The van der Waals surface area contributed by atoms with Crippen molar-refractivity contribution in [3.05, 3.63) is 64.1 Å². The Morgan fingerprint density at radius 2 is 1.90 bits per heavy atom. The van der Waals surface area contributed by atoms with Gasteiger partial charge in [0.1, 0.15) is 5.75 Å². The molecule has 3 nitrogen and oxygen atoms in total. The minimum atomic E-state index is 0.0687. The topological polar surface area (TPSA) is 35.5 Å². The molecule has 4 heteroatoms. The summed E-state index contributed by atoms with van der Waals surface area (Å²) in [5.41, 5.74) is 1.56. The molecule has 0 aliphatic heterocycles. The molecule has 0 atom stereocenters. The molecule has 0 spiro atoms. The van der Waals surface area contributed by atoms with E-state index in [1.54, 1.807) is 0 Å². The maximum absolute atomic E-state index is 12.3. The molecule has 2 aromatic carbocycles. The summed E-state index contributed by atoms with van der Waals surface area (Å²) in [5, 5.41) is 0. The highest BCUT2D eigenvalue weighted by Gasteiger charge is 2.11. The molecule has 0 fully saturated rings. The van der Waals surface area contributed by atoms with Crippen molar-refractivity contribution in [1.29, 1.82) is 0 Å². The Morgan fingerprint density at radius 3 is 2.62 bits per heavy atom. The Kier molecular flexibility index (Phi) is 5.96. The van der Waals surface area contributed by atoms with E-state index in [0.29, 0.717) is 24.3 Å². The third-order valence-electron chi connectivity index (χ3n) is 2.98. The summed E-state index contributed by atoms with van der Waals surface area (Å²) in [6.07, 6.45) is 0.304. The molecule has 0 unspecified atom stereocenters. The lowest BCUT2D eigenvalue weighted by atomic mass is 10.0. The first-order valence-corrected chi connectivity index (χ1v) is 7.57. The number of rotatable bonds is 7. The van der Waals surface area contributed by atoms with Crippen LogP contribution in [0.1, 0.15) is 22.8 Å². The predicted molar refractivity (Wildman–Crippen MR) is 85.7 cm³/mol. The molecule has 110 valence electrons. The van der Waals surface area contributed by atoms with Gasteiger partial charge in [-0.2, -0.15) is 0 Å². The van der Waals surface area contributed by atoms with Gasteiger partial charge in [-0.05, 0) is 19.1 Å². The minimum Gasteiger partial charge on any atom is -0.467 e. The molecule has 0 heterocycles. The Hall–Kier alpha value is -1.65. The van der Waals surface area contributed by atoms with Gasteiger partial charge in [-0.15, -0.1) is 0 Å². The molecule has 0 amide bonds. The summed E-state index contributed by atoms with van der Waals surface area (Å²) < 4.78 is 11.7. The van der Waals surface area contributed by atoms with Gasteiger partial charge in [0.2, 0.25) is 0 Å². The highest BCUT2D eigenvalue weighted by molar-refractivity contribution is 9.10. The van der Waals surface area contributed by atoms with E-state index in [4.69, 9.17) is 9.47 Å². The molecule has 0 N–H and O–H groups in total. The van der Waals surface area contributed by atoms with E-state index < -0.39 is 0 Å². The summed E-state index contributed by atoms with van der Waals surface area (Å²) in [4.78, 5) is 12.3. The fourth-order valence-corrected chi connectivity index (χ4v) is 2.24. The summed E-state index contributed by atoms with van der Waals surface area (Å²) in [7, 11) is 0. The van der Waals surface area contributed by atoms with Gasteiger partial charge in [-0.3, -0.25) is 4.79 Å². The van der Waals surface area contributed by atoms with Crippen molar-refractivity contribution in [3.8, 4) is 5.75 Å². The van der Waals surface area contributed by atoms with Crippen LogP contribution in [0.4, 0.5) is 0 Å². The van der Waals surface area contributed by atoms with E-state index in [9.17, 15) is 4.79 Å². The molecule has 0 bridgehead atoms. The van der Waals surface area contributed by atoms with E-state index in [0.717, 1.165) is 10.0 Å². The maximum atomic E-state index is 12.3. The third kappa shape index (κ3) is 4.69. The van der Waals surface area contributed by atoms with Gasteiger partial charge in [0, 0.05) is 28.6 Å². The van der Waals surface area contributed by atoms with Gasteiger partial charge < -0.3 is 9.47 Å². The van der Waals surface area contributed by atoms with Crippen LogP contribution < -0.4 is 4.74 Å². The van der Waals surface area contributed by atoms with Gasteiger partial charge in [-0.1, -0.05) is 52.3 Å². The largest absolute Gasteiger partial charge is 0.467 e. The lowest BCUT2D eigenvalue weighted by molar-refractivity contribution is 0.0218. The number of carbonyl (C=O) groups excluding carboxylic acids is 1. The number of benzene rings is 2. The average Bonchev–Trinajstić information content (AvgIpc) is 2.51. The number of ketones is 1. The number of hydrogen-bond acceptors (Lipinski definition) is 3. The van der Waals surface area contributed by atoms with Crippen LogP contribution in [0, 0.1) is 0 Å². The smallest absolute Gasteiger partial charge is 0.189 e. The zero-order valence-electron chi connectivity index (χ0n) is 11.8. The van der Waals surface area contributed by atoms with Gasteiger partial charge in [0.05, 0.1) is 0 Å². The predicted octanol–water partition coefficient (Wildman–Crippen LogP) is 4.25. The Labute approximate surface area is 133 Å². The van der Waals surface area contributed by atoms with E-state index >= 15 is 0 Å². The Balaban J connectivity index is 2.13. The van der Waals surface area contributed by atoms with E-state index in [-0.39, 0.29) is 12.6 Å². The first-order valence-electron chi connectivity index (χ1n) is 6.78. The standard InChI is InChI=1S/C17H17BrO3/c1-2-20-12-21-17-11-15(18)9-8-14(17)10-16(19)13-6-4-3-5-7-13/h3-9,11H,2,10,12H2,1H3. The van der Waals surface area contributed by atoms with Crippen molar-refractivity contribution >= 4 is 21.7 Å². The first kappa shape index (κ1) is 15.7. The molecule has 2 aromatic rings. The second-order valence-electron chi connectivity index (χ2n) is 4.47. The van der Waals surface area contributed by atoms with Crippen LogP contribution in [0.5, 0.6) is 5.75 Å². The summed E-state index contributed by atoms with van der Waals surface area (Å²) >= 11 is 3.41. The quantitative estimate of drug-likeness (QED) is 0.426. The minimum absolute atomic E-state index is 0.0687. The Bertz CT molecular complexity index is 596. The SMILES string of the molecule is CCOCOc1cc(Br)ccc1CC(=O)c1ccccc1. The van der Waals surface area contributed by atoms with Crippen LogP contribution in [0.2, 0.25) is 0 Å². The second-order valence-corrected chi connectivity index (χ2v) is 5.39. The van der Waals surface area contributed by atoms with Gasteiger partial charge >= 0.3 is 0 Å².